The van der Waals surface area contributed by atoms with Gasteiger partial charge in [0.1, 0.15) is 5.69 Å². The van der Waals surface area contributed by atoms with Gasteiger partial charge in [-0.1, -0.05) is 17.3 Å². The molecule has 0 bridgehead atoms. The van der Waals surface area contributed by atoms with Crippen LogP contribution in [0.3, 0.4) is 0 Å². The van der Waals surface area contributed by atoms with Crippen LogP contribution in [0.25, 0.3) is 11.0 Å². The van der Waals surface area contributed by atoms with Crippen LogP contribution in [0, 0.1) is 5.41 Å². The van der Waals surface area contributed by atoms with E-state index >= 15 is 0 Å². The van der Waals surface area contributed by atoms with Crippen LogP contribution in [0.15, 0.2) is 28.8 Å². The Morgan fingerprint density at radius 2 is 2.19 bits per heavy atom. The highest BCUT2D eigenvalue weighted by molar-refractivity contribution is 5.85. The number of para-hydroxylation sites is 1. The molecule has 0 aliphatic carbocycles. The summed E-state index contributed by atoms with van der Waals surface area (Å²) in [6.45, 7) is 2.37. The van der Waals surface area contributed by atoms with Crippen molar-refractivity contribution in [2.45, 2.75) is 13.3 Å². The average molecular weight is 241 g/mol. The van der Waals surface area contributed by atoms with E-state index in [0.29, 0.717) is 13.0 Å². The van der Waals surface area contributed by atoms with Crippen molar-refractivity contribution < 1.29 is 9.26 Å². The van der Waals surface area contributed by atoms with E-state index in [-0.39, 0.29) is 18.3 Å². The SMILES string of the molecule is CCOC(=N)Cc1noc2ccccc12.Cl. The van der Waals surface area contributed by atoms with Crippen molar-refractivity contribution in [2.24, 2.45) is 0 Å². The predicted octanol–water partition coefficient (Wildman–Crippen LogP) is 2.81. The molecule has 1 aromatic heterocycles. The molecule has 1 N–H and O–H groups in total. The molecule has 0 fully saturated rings. The van der Waals surface area contributed by atoms with Crippen LogP contribution in [0.5, 0.6) is 0 Å². The summed E-state index contributed by atoms with van der Waals surface area (Å²) in [7, 11) is 0. The molecule has 5 heteroatoms. The number of ether oxygens (including phenoxy) is 1. The zero-order valence-corrected chi connectivity index (χ0v) is 9.71. The fourth-order valence-corrected chi connectivity index (χ4v) is 1.44. The van der Waals surface area contributed by atoms with Gasteiger partial charge >= 0.3 is 0 Å². The third-order valence-corrected chi connectivity index (χ3v) is 2.10. The van der Waals surface area contributed by atoms with E-state index in [1.165, 1.54) is 0 Å². The maximum atomic E-state index is 7.54. The number of nitrogens with zero attached hydrogens (tertiary/aromatic N) is 1. The lowest BCUT2D eigenvalue weighted by atomic mass is 10.2. The molecule has 0 unspecified atom stereocenters. The van der Waals surface area contributed by atoms with E-state index in [1.807, 2.05) is 31.2 Å². The Morgan fingerprint density at radius 3 is 2.94 bits per heavy atom. The Balaban J connectivity index is 0.00000128. The Hall–Kier alpha value is -1.55. The van der Waals surface area contributed by atoms with Gasteiger partial charge in [-0.2, -0.15) is 0 Å². The lowest BCUT2D eigenvalue weighted by molar-refractivity contribution is 0.315. The fourth-order valence-electron chi connectivity index (χ4n) is 1.44. The van der Waals surface area contributed by atoms with Crippen molar-refractivity contribution in [1.82, 2.24) is 5.16 Å². The second-order valence-corrected chi connectivity index (χ2v) is 3.16. The maximum Gasteiger partial charge on any atom is 0.186 e. The molecule has 0 saturated carbocycles. The van der Waals surface area contributed by atoms with Crippen LogP contribution in [0.1, 0.15) is 12.6 Å². The third-order valence-electron chi connectivity index (χ3n) is 2.10. The quantitative estimate of drug-likeness (QED) is 0.663. The largest absolute Gasteiger partial charge is 0.481 e. The smallest absolute Gasteiger partial charge is 0.186 e. The number of hydrogen-bond acceptors (Lipinski definition) is 4. The van der Waals surface area contributed by atoms with E-state index in [0.717, 1.165) is 16.7 Å². The zero-order valence-electron chi connectivity index (χ0n) is 8.90. The second kappa shape index (κ2) is 5.51. The summed E-state index contributed by atoms with van der Waals surface area (Å²) in [6.07, 6.45) is 0.380. The van der Waals surface area contributed by atoms with Gasteiger partial charge in [-0.15, -0.1) is 12.4 Å². The lowest BCUT2D eigenvalue weighted by Crippen LogP contribution is -2.06. The number of fused-ring (bicyclic) bond motifs is 1. The van der Waals surface area contributed by atoms with E-state index < -0.39 is 0 Å². The van der Waals surface area contributed by atoms with Gasteiger partial charge in [-0.3, -0.25) is 5.41 Å². The Kier molecular flexibility index (Phi) is 4.31. The first kappa shape index (κ1) is 12.5. The summed E-state index contributed by atoms with van der Waals surface area (Å²) >= 11 is 0. The molecule has 1 aromatic carbocycles. The van der Waals surface area contributed by atoms with E-state index in [2.05, 4.69) is 5.16 Å². The molecule has 0 spiro atoms. The zero-order chi connectivity index (χ0) is 10.7. The number of hydrogen-bond donors (Lipinski definition) is 1. The normalized spacial score (nSPS) is 9.81. The average Bonchev–Trinajstić information content (AvgIpc) is 2.62. The van der Waals surface area contributed by atoms with Gasteiger partial charge in [0.25, 0.3) is 0 Å². The van der Waals surface area contributed by atoms with Crippen LogP contribution in [-0.4, -0.2) is 17.7 Å². The summed E-state index contributed by atoms with van der Waals surface area (Å²) in [5, 5.41) is 12.4. The molecule has 2 rings (SSSR count). The molecule has 1 heterocycles. The molecule has 4 nitrogen and oxygen atoms in total. The van der Waals surface area contributed by atoms with Crippen LogP contribution >= 0.6 is 12.4 Å². The summed E-state index contributed by atoms with van der Waals surface area (Å²) < 4.78 is 10.2. The first-order valence-corrected chi connectivity index (χ1v) is 4.84. The van der Waals surface area contributed by atoms with E-state index in [4.69, 9.17) is 14.7 Å². The monoisotopic (exact) mass is 240 g/mol. The molecule has 0 amide bonds. The molecule has 16 heavy (non-hydrogen) atoms. The van der Waals surface area contributed by atoms with E-state index in [9.17, 15) is 0 Å². The second-order valence-electron chi connectivity index (χ2n) is 3.16. The first-order valence-electron chi connectivity index (χ1n) is 4.84. The van der Waals surface area contributed by atoms with Gasteiger partial charge in [-0.25, -0.2) is 0 Å². The molecule has 0 atom stereocenters. The number of benzene rings is 1. The van der Waals surface area contributed by atoms with Crippen molar-refractivity contribution in [3.05, 3.63) is 30.0 Å². The van der Waals surface area contributed by atoms with E-state index in [1.54, 1.807) is 0 Å². The molecule has 0 aliphatic rings. The molecular formula is C11H13ClN2O2. The standard InChI is InChI=1S/C11H12N2O2.ClH/c1-2-14-11(12)7-9-8-5-3-4-6-10(8)15-13-9;/h3-6,12H,2,7H2,1H3;1H. The third kappa shape index (κ3) is 2.52. The van der Waals surface area contributed by atoms with Crippen molar-refractivity contribution >= 4 is 29.3 Å². The minimum atomic E-state index is 0. The Bertz CT molecular complexity index is 482. The van der Waals surface area contributed by atoms with Crippen LogP contribution in [0.2, 0.25) is 0 Å². The number of halogens is 1. The molecule has 0 radical (unpaired) electrons. The summed E-state index contributed by atoms with van der Waals surface area (Å²) in [4.78, 5) is 0. The highest BCUT2D eigenvalue weighted by Gasteiger charge is 2.09. The van der Waals surface area contributed by atoms with Gasteiger partial charge in [0.2, 0.25) is 0 Å². The van der Waals surface area contributed by atoms with Crippen molar-refractivity contribution in [1.29, 1.82) is 5.41 Å². The molecule has 2 aromatic rings. The van der Waals surface area contributed by atoms with Crippen LogP contribution in [-0.2, 0) is 11.2 Å². The van der Waals surface area contributed by atoms with Crippen LogP contribution < -0.4 is 0 Å². The highest BCUT2D eigenvalue weighted by Crippen LogP contribution is 2.18. The number of nitrogens with one attached hydrogen (secondary N) is 1. The summed E-state index contributed by atoms with van der Waals surface area (Å²) in [5.74, 6) is 0.219. The molecule has 0 saturated heterocycles. The topological polar surface area (TPSA) is 59.1 Å². The minimum absolute atomic E-state index is 0. The van der Waals surface area contributed by atoms with Crippen molar-refractivity contribution in [3.8, 4) is 0 Å². The number of rotatable bonds is 3. The van der Waals surface area contributed by atoms with Crippen LogP contribution in [0.4, 0.5) is 0 Å². The van der Waals surface area contributed by atoms with Gasteiger partial charge in [0, 0.05) is 5.39 Å². The first-order chi connectivity index (χ1) is 7.31. The van der Waals surface area contributed by atoms with Crippen molar-refractivity contribution in [2.75, 3.05) is 6.61 Å². The molecule has 86 valence electrons. The molecule has 0 aliphatic heterocycles. The fraction of sp³-hybridized carbons (Fsp3) is 0.273. The Labute approximate surface area is 99.5 Å². The highest BCUT2D eigenvalue weighted by atomic mass is 35.5. The summed E-state index contributed by atoms with van der Waals surface area (Å²) in [5.41, 5.74) is 1.50. The Morgan fingerprint density at radius 1 is 1.44 bits per heavy atom. The predicted molar refractivity (Wildman–Crippen MR) is 64.3 cm³/mol. The minimum Gasteiger partial charge on any atom is -0.481 e. The maximum absolute atomic E-state index is 7.54. The van der Waals surface area contributed by atoms with Gasteiger partial charge in [-0.05, 0) is 19.1 Å². The van der Waals surface area contributed by atoms with Gasteiger partial charge < -0.3 is 9.26 Å². The van der Waals surface area contributed by atoms with Crippen molar-refractivity contribution in [3.63, 3.8) is 0 Å². The molecular weight excluding hydrogens is 228 g/mol. The van der Waals surface area contributed by atoms with Gasteiger partial charge in [0.05, 0.1) is 13.0 Å². The lowest BCUT2D eigenvalue weighted by Gasteiger charge is -2.01. The summed E-state index contributed by atoms with van der Waals surface area (Å²) in [6, 6.07) is 7.61. The number of aromatic nitrogens is 1. The van der Waals surface area contributed by atoms with Gasteiger partial charge in [0.15, 0.2) is 11.5 Å².